The van der Waals surface area contributed by atoms with Gasteiger partial charge in [-0.3, -0.25) is 15.2 Å². The van der Waals surface area contributed by atoms with Crippen molar-refractivity contribution >= 4 is 33.2 Å². The average Bonchev–Trinajstić information content (AvgIpc) is 2.86. The van der Waals surface area contributed by atoms with Crippen LogP contribution >= 0.6 is 15.9 Å². The number of amides is 1. The van der Waals surface area contributed by atoms with Crippen molar-refractivity contribution in [3.05, 3.63) is 64.5 Å². The zero-order valence-corrected chi connectivity index (χ0v) is 14.3. The molecule has 121 valence electrons. The summed E-state index contributed by atoms with van der Waals surface area (Å²) in [7, 11) is 1.85. The Morgan fingerprint density at radius 1 is 1.25 bits per heavy atom. The van der Waals surface area contributed by atoms with Crippen LogP contribution in [0.1, 0.15) is 10.4 Å². The molecule has 0 saturated carbocycles. The number of rotatable bonds is 4. The maximum Gasteiger partial charge on any atom is 0.272 e. The first-order valence-electron chi connectivity index (χ1n) is 7.06. The molecule has 7 heteroatoms. The minimum Gasteiger partial charge on any atom is -0.355 e. The van der Waals surface area contributed by atoms with Gasteiger partial charge in [-0.2, -0.15) is 5.10 Å². The van der Waals surface area contributed by atoms with Crippen LogP contribution in [-0.2, 0) is 7.05 Å². The minimum atomic E-state index is -1.04. The van der Waals surface area contributed by atoms with E-state index in [0.717, 1.165) is 21.4 Å². The molecule has 0 saturated heterocycles. The van der Waals surface area contributed by atoms with Crippen LogP contribution in [-0.4, -0.2) is 15.7 Å². The molecule has 0 bridgehead atoms. The quantitative estimate of drug-likeness (QED) is 0.730. The fraction of sp³-hybridized carbons (Fsp3) is 0.0588. The van der Waals surface area contributed by atoms with Gasteiger partial charge in [-0.1, -0.05) is 12.1 Å². The van der Waals surface area contributed by atoms with E-state index in [4.69, 9.17) is 5.73 Å². The van der Waals surface area contributed by atoms with Crippen molar-refractivity contribution in [2.75, 3.05) is 5.32 Å². The molecule has 3 aromatic rings. The number of hydrogen-bond acceptors (Lipinski definition) is 3. The van der Waals surface area contributed by atoms with E-state index >= 15 is 0 Å². The summed E-state index contributed by atoms with van der Waals surface area (Å²) in [6.45, 7) is 0. The number of nitrogens with zero attached hydrogens (tertiary/aromatic N) is 2. The van der Waals surface area contributed by atoms with Crippen LogP contribution in [0.5, 0.6) is 0 Å². The standard InChI is InChI=1S/C17H13BrFN4O/c1-23-16(14(18)9-21-23)10-3-2-4-11(7-10)22-12-5-6-13(17(20)24)15(19)8-12/h2-9,20,22H,1H3. The fourth-order valence-corrected chi connectivity index (χ4v) is 3.00. The Morgan fingerprint density at radius 2 is 2.00 bits per heavy atom. The maximum atomic E-state index is 13.8. The molecule has 2 aromatic carbocycles. The molecule has 0 aliphatic heterocycles. The van der Waals surface area contributed by atoms with E-state index in [-0.39, 0.29) is 5.56 Å². The number of hydrogen-bond donors (Lipinski definition) is 1. The second-order valence-corrected chi connectivity index (χ2v) is 6.05. The summed E-state index contributed by atoms with van der Waals surface area (Å²) in [4.78, 5) is 11.0. The lowest BCUT2D eigenvalue weighted by atomic mass is 10.1. The lowest BCUT2D eigenvalue weighted by Crippen LogP contribution is -2.03. The van der Waals surface area contributed by atoms with E-state index < -0.39 is 11.7 Å². The summed E-state index contributed by atoms with van der Waals surface area (Å²) < 4.78 is 16.5. The van der Waals surface area contributed by atoms with Gasteiger partial charge in [-0.05, 0) is 46.3 Å². The van der Waals surface area contributed by atoms with Crippen molar-refractivity contribution in [2.45, 2.75) is 0 Å². The Bertz CT molecular complexity index is 903. The molecule has 1 radical (unpaired) electrons. The van der Waals surface area contributed by atoms with E-state index in [9.17, 15) is 9.18 Å². The summed E-state index contributed by atoms with van der Waals surface area (Å²) in [6.07, 6.45) is 1.72. The SMILES string of the molecule is Cn1ncc(Br)c1-c1cccc(Nc2ccc(C([NH])=O)c(F)c2)c1. The smallest absolute Gasteiger partial charge is 0.272 e. The number of nitrogens with one attached hydrogen (secondary N) is 2. The molecule has 1 amide bonds. The molecule has 5 nitrogen and oxygen atoms in total. The van der Waals surface area contributed by atoms with Gasteiger partial charge in [0, 0.05) is 24.0 Å². The molecule has 1 heterocycles. The Balaban J connectivity index is 1.91. The van der Waals surface area contributed by atoms with E-state index in [2.05, 4.69) is 26.3 Å². The van der Waals surface area contributed by atoms with Crippen LogP contribution < -0.4 is 11.1 Å². The number of benzene rings is 2. The number of carbonyl (C=O) groups excluding carboxylic acids is 1. The Kier molecular flexibility index (Phi) is 4.35. The second-order valence-electron chi connectivity index (χ2n) is 5.19. The third kappa shape index (κ3) is 3.16. The zero-order chi connectivity index (χ0) is 17.3. The fourth-order valence-electron chi connectivity index (χ4n) is 2.42. The highest BCUT2D eigenvalue weighted by Gasteiger charge is 2.11. The van der Waals surface area contributed by atoms with Gasteiger partial charge in [0.15, 0.2) is 0 Å². The van der Waals surface area contributed by atoms with Gasteiger partial charge >= 0.3 is 0 Å². The summed E-state index contributed by atoms with van der Waals surface area (Å²) in [6, 6.07) is 11.7. The van der Waals surface area contributed by atoms with Crippen molar-refractivity contribution in [3.8, 4) is 11.3 Å². The summed E-state index contributed by atoms with van der Waals surface area (Å²) in [5.74, 6) is -1.76. The predicted molar refractivity (Wildman–Crippen MR) is 93.5 cm³/mol. The van der Waals surface area contributed by atoms with Crippen LogP contribution in [0.15, 0.2) is 53.1 Å². The molecular formula is C17H13BrFN4O. The molecule has 1 aromatic heterocycles. The van der Waals surface area contributed by atoms with Crippen molar-refractivity contribution in [3.63, 3.8) is 0 Å². The number of carbonyl (C=O) groups is 1. The minimum absolute atomic E-state index is 0.242. The topological polar surface area (TPSA) is 70.7 Å². The third-order valence-corrected chi connectivity index (χ3v) is 4.11. The van der Waals surface area contributed by atoms with Gasteiger partial charge in [-0.15, -0.1) is 0 Å². The average molecular weight is 388 g/mol. The molecule has 0 atom stereocenters. The highest BCUT2D eigenvalue weighted by molar-refractivity contribution is 9.10. The van der Waals surface area contributed by atoms with E-state index in [0.29, 0.717) is 5.69 Å². The summed E-state index contributed by atoms with van der Waals surface area (Å²) in [5.41, 5.74) is 9.89. The zero-order valence-electron chi connectivity index (χ0n) is 12.7. The molecule has 24 heavy (non-hydrogen) atoms. The van der Waals surface area contributed by atoms with Gasteiger partial charge in [0.25, 0.3) is 5.91 Å². The normalized spacial score (nSPS) is 10.6. The lowest BCUT2D eigenvalue weighted by Gasteiger charge is -2.10. The van der Waals surface area contributed by atoms with Crippen LogP contribution in [0.4, 0.5) is 15.8 Å². The first-order valence-corrected chi connectivity index (χ1v) is 7.85. The lowest BCUT2D eigenvalue weighted by molar-refractivity contribution is 0.0988. The van der Waals surface area contributed by atoms with Gasteiger partial charge in [0.05, 0.1) is 21.9 Å². The second kappa shape index (κ2) is 6.45. The van der Waals surface area contributed by atoms with Crippen molar-refractivity contribution in [1.29, 1.82) is 0 Å². The Morgan fingerprint density at radius 3 is 2.62 bits per heavy atom. The van der Waals surface area contributed by atoms with Gasteiger partial charge in [-0.25, -0.2) is 4.39 Å². The predicted octanol–water partition coefficient (Wildman–Crippen LogP) is 4.16. The van der Waals surface area contributed by atoms with Gasteiger partial charge < -0.3 is 5.32 Å². The largest absolute Gasteiger partial charge is 0.355 e. The highest BCUT2D eigenvalue weighted by atomic mass is 79.9. The highest BCUT2D eigenvalue weighted by Crippen LogP contribution is 2.30. The van der Waals surface area contributed by atoms with Crippen LogP contribution in [0.2, 0.25) is 0 Å². The monoisotopic (exact) mass is 387 g/mol. The van der Waals surface area contributed by atoms with Crippen molar-refractivity contribution < 1.29 is 9.18 Å². The Hall–Kier alpha value is -2.67. The number of anilines is 2. The summed E-state index contributed by atoms with van der Waals surface area (Å²) in [5, 5.41) is 7.29. The van der Waals surface area contributed by atoms with Gasteiger partial charge in [0.1, 0.15) is 5.82 Å². The first kappa shape index (κ1) is 16.2. The number of aromatic nitrogens is 2. The first-order chi connectivity index (χ1) is 11.5. The molecule has 2 N–H and O–H groups in total. The molecule has 0 spiro atoms. The van der Waals surface area contributed by atoms with E-state index in [1.54, 1.807) is 16.9 Å². The maximum absolute atomic E-state index is 13.8. The van der Waals surface area contributed by atoms with Crippen molar-refractivity contribution in [2.24, 2.45) is 7.05 Å². The van der Waals surface area contributed by atoms with Crippen LogP contribution in [0, 0.1) is 5.82 Å². The van der Waals surface area contributed by atoms with Crippen LogP contribution in [0.25, 0.3) is 11.3 Å². The Labute approximate surface area is 146 Å². The number of aryl methyl sites for hydroxylation is 1. The molecule has 0 aliphatic carbocycles. The molecule has 3 rings (SSSR count). The number of halogens is 2. The van der Waals surface area contributed by atoms with Crippen LogP contribution in [0.3, 0.4) is 0 Å². The molecule has 0 unspecified atom stereocenters. The molecular weight excluding hydrogens is 375 g/mol. The molecule has 0 aliphatic rings. The van der Waals surface area contributed by atoms with Gasteiger partial charge in [0.2, 0.25) is 0 Å². The third-order valence-electron chi connectivity index (χ3n) is 3.53. The van der Waals surface area contributed by atoms with Crippen molar-refractivity contribution in [1.82, 2.24) is 15.5 Å². The molecule has 0 fully saturated rings. The van der Waals surface area contributed by atoms with E-state index in [1.165, 1.54) is 12.1 Å². The van der Waals surface area contributed by atoms with E-state index in [1.807, 2.05) is 31.3 Å². The summed E-state index contributed by atoms with van der Waals surface area (Å²) >= 11 is 3.47.